The first-order chi connectivity index (χ1) is 12.7. The summed E-state index contributed by atoms with van der Waals surface area (Å²) in [5, 5.41) is 0. The maximum atomic E-state index is 5.84. The predicted molar refractivity (Wildman–Crippen MR) is 106 cm³/mol. The number of anilines is 1. The van der Waals surface area contributed by atoms with Crippen LogP contribution in [0.15, 0.2) is 71.1 Å². The largest absolute Gasteiger partial charge is 0.497 e. The molecule has 4 aromatic rings. The highest BCUT2D eigenvalue weighted by molar-refractivity contribution is 5.78. The Bertz CT molecular complexity index is 1060. The molecule has 0 saturated heterocycles. The number of aromatic nitrogens is 1. The zero-order valence-electron chi connectivity index (χ0n) is 14.3. The van der Waals surface area contributed by atoms with Gasteiger partial charge in [0.25, 0.3) is 0 Å². The zero-order chi connectivity index (χ0) is 17.9. The van der Waals surface area contributed by atoms with Crippen molar-refractivity contribution in [2.75, 3.05) is 12.8 Å². The molecule has 0 spiro atoms. The molecule has 0 saturated carbocycles. The number of nitrogens with two attached hydrogens (primary N) is 1. The van der Waals surface area contributed by atoms with E-state index in [0.29, 0.717) is 5.89 Å². The number of nitrogen functional groups attached to an aromatic ring is 1. The van der Waals surface area contributed by atoms with Crippen LogP contribution in [0.1, 0.15) is 11.1 Å². The molecule has 0 atom stereocenters. The van der Waals surface area contributed by atoms with E-state index in [0.717, 1.165) is 39.2 Å². The van der Waals surface area contributed by atoms with Crippen LogP contribution in [0.5, 0.6) is 5.75 Å². The van der Waals surface area contributed by atoms with Gasteiger partial charge in [0.05, 0.1) is 7.11 Å². The number of fused-ring (bicyclic) bond motifs is 1. The normalized spacial score (nSPS) is 11.3. The van der Waals surface area contributed by atoms with Crippen molar-refractivity contribution in [2.45, 2.75) is 0 Å². The SMILES string of the molecule is COc1ccc2oc(-c3ccc(/C=C/c4ccc(N)cc4)cc3)nc2c1. The Kier molecular flexibility index (Phi) is 4.15. The highest BCUT2D eigenvalue weighted by atomic mass is 16.5. The monoisotopic (exact) mass is 342 g/mol. The average Bonchev–Trinajstić information content (AvgIpc) is 3.11. The van der Waals surface area contributed by atoms with E-state index >= 15 is 0 Å². The summed E-state index contributed by atoms with van der Waals surface area (Å²) in [4.78, 5) is 4.55. The minimum atomic E-state index is 0.599. The third-order valence-corrected chi connectivity index (χ3v) is 4.16. The first kappa shape index (κ1) is 16.0. The van der Waals surface area contributed by atoms with Gasteiger partial charge in [0.15, 0.2) is 5.58 Å². The van der Waals surface area contributed by atoms with Crippen molar-refractivity contribution in [3.8, 4) is 17.2 Å². The third-order valence-electron chi connectivity index (χ3n) is 4.16. The van der Waals surface area contributed by atoms with Crippen molar-refractivity contribution in [3.05, 3.63) is 77.9 Å². The van der Waals surface area contributed by atoms with Crippen molar-refractivity contribution >= 4 is 28.9 Å². The fourth-order valence-electron chi connectivity index (χ4n) is 2.69. The van der Waals surface area contributed by atoms with Crippen molar-refractivity contribution < 1.29 is 9.15 Å². The Balaban J connectivity index is 1.56. The number of nitrogens with zero attached hydrogens (tertiary/aromatic N) is 1. The number of benzene rings is 3. The maximum absolute atomic E-state index is 5.84. The van der Waals surface area contributed by atoms with Gasteiger partial charge in [-0.3, -0.25) is 0 Å². The van der Waals surface area contributed by atoms with Gasteiger partial charge in [-0.05, 0) is 47.5 Å². The molecule has 4 heteroatoms. The van der Waals surface area contributed by atoms with E-state index in [1.165, 1.54) is 0 Å². The molecule has 1 aromatic heterocycles. The van der Waals surface area contributed by atoms with Crippen molar-refractivity contribution in [2.24, 2.45) is 0 Å². The maximum Gasteiger partial charge on any atom is 0.227 e. The molecule has 0 bridgehead atoms. The van der Waals surface area contributed by atoms with Gasteiger partial charge in [-0.15, -0.1) is 0 Å². The lowest BCUT2D eigenvalue weighted by atomic mass is 10.1. The molecule has 4 nitrogen and oxygen atoms in total. The minimum absolute atomic E-state index is 0.599. The minimum Gasteiger partial charge on any atom is -0.497 e. The van der Waals surface area contributed by atoms with E-state index in [2.05, 4.69) is 17.1 Å². The van der Waals surface area contributed by atoms with Gasteiger partial charge in [0.1, 0.15) is 11.3 Å². The number of hydrogen-bond donors (Lipinski definition) is 1. The molecular formula is C22H18N2O2. The van der Waals surface area contributed by atoms with Crippen LogP contribution in [0.3, 0.4) is 0 Å². The highest BCUT2D eigenvalue weighted by Gasteiger charge is 2.08. The fraction of sp³-hybridized carbons (Fsp3) is 0.0455. The van der Waals surface area contributed by atoms with E-state index in [4.69, 9.17) is 14.9 Å². The van der Waals surface area contributed by atoms with Gasteiger partial charge in [0.2, 0.25) is 5.89 Å². The predicted octanol–water partition coefficient (Wildman–Crippen LogP) is 5.26. The van der Waals surface area contributed by atoms with Crippen LogP contribution in [0.2, 0.25) is 0 Å². The summed E-state index contributed by atoms with van der Waals surface area (Å²) in [5.74, 6) is 1.36. The van der Waals surface area contributed by atoms with Gasteiger partial charge in [-0.1, -0.05) is 36.4 Å². The molecule has 0 aliphatic rings. The molecule has 0 aliphatic carbocycles. The van der Waals surface area contributed by atoms with E-state index in [1.807, 2.05) is 66.7 Å². The summed E-state index contributed by atoms with van der Waals surface area (Å²) in [6.07, 6.45) is 4.12. The topological polar surface area (TPSA) is 61.3 Å². The van der Waals surface area contributed by atoms with Crippen molar-refractivity contribution in [1.29, 1.82) is 0 Å². The number of ether oxygens (including phenoxy) is 1. The zero-order valence-corrected chi connectivity index (χ0v) is 14.3. The van der Waals surface area contributed by atoms with Crippen LogP contribution in [-0.4, -0.2) is 12.1 Å². The van der Waals surface area contributed by atoms with E-state index in [-0.39, 0.29) is 0 Å². The van der Waals surface area contributed by atoms with Crippen LogP contribution in [0.4, 0.5) is 5.69 Å². The first-order valence-corrected chi connectivity index (χ1v) is 8.30. The van der Waals surface area contributed by atoms with Crippen LogP contribution in [0.25, 0.3) is 34.7 Å². The molecule has 2 N–H and O–H groups in total. The molecule has 0 aliphatic heterocycles. The van der Waals surface area contributed by atoms with E-state index < -0.39 is 0 Å². The molecule has 0 radical (unpaired) electrons. The summed E-state index contributed by atoms with van der Waals surface area (Å²) < 4.78 is 11.1. The Morgan fingerprint density at radius 3 is 2.19 bits per heavy atom. The Hall–Kier alpha value is -3.53. The van der Waals surface area contributed by atoms with Gasteiger partial charge >= 0.3 is 0 Å². The molecule has 0 amide bonds. The van der Waals surface area contributed by atoms with Crippen LogP contribution >= 0.6 is 0 Å². The fourth-order valence-corrected chi connectivity index (χ4v) is 2.69. The summed E-state index contributed by atoms with van der Waals surface area (Å²) >= 11 is 0. The molecule has 0 unspecified atom stereocenters. The van der Waals surface area contributed by atoms with Crippen LogP contribution in [0, 0.1) is 0 Å². The second-order valence-corrected chi connectivity index (χ2v) is 5.97. The van der Waals surface area contributed by atoms with Gasteiger partial charge < -0.3 is 14.9 Å². The van der Waals surface area contributed by atoms with Crippen LogP contribution in [-0.2, 0) is 0 Å². The lowest BCUT2D eigenvalue weighted by molar-refractivity contribution is 0.415. The average molecular weight is 342 g/mol. The highest BCUT2D eigenvalue weighted by Crippen LogP contribution is 2.27. The lowest BCUT2D eigenvalue weighted by Gasteiger charge is -1.98. The number of rotatable bonds is 4. The van der Waals surface area contributed by atoms with E-state index in [9.17, 15) is 0 Å². The smallest absolute Gasteiger partial charge is 0.227 e. The second kappa shape index (κ2) is 6.76. The number of methoxy groups -OCH3 is 1. The number of hydrogen-bond acceptors (Lipinski definition) is 4. The van der Waals surface area contributed by atoms with Crippen molar-refractivity contribution in [1.82, 2.24) is 4.98 Å². The quantitative estimate of drug-likeness (QED) is 0.406. The summed E-state index contributed by atoms with van der Waals surface area (Å²) in [7, 11) is 1.64. The van der Waals surface area contributed by atoms with Gasteiger partial charge in [0, 0.05) is 17.3 Å². The summed E-state index contributed by atoms with van der Waals surface area (Å²) in [6, 6.07) is 21.5. The Morgan fingerprint density at radius 2 is 1.54 bits per heavy atom. The van der Waals surface area contributed by atoms with Crippen LogP contribution < -0.4 is 10.5 Å². The Morgan fingerprint density at radius 1 is 0.885 bits per heavy atom. The molecule has 0 fully saturated rings. The number of oxazole rings is 1. The van der Waals surface area contributed by atoms with Crippen molar-refractivity contribution in [3.63, 3.8) is 0 Å². The molecular weight excluding hydrogens is 324 g/mol. The molecule has 1 heterocycles. The molecule has 3 aromatic carbocycles. The Labute approximate surface area is 151 Å². The molecule has 4 rings (SSSR count). The van der Waals surface area contributed by atoms with Gasteiger partial charge in [-0.2, -0.15) is 0 Å². The second-order valence-electron chi connectivity index (χ2n) is 5.97. The van der Waals surface area contributed by atoms with Gasteiger partial charge in [-0.25, -0.2) is 4.98 Å². The lowest BCUT2D eigenvalue weighted by Crippen LogP contribution is -1.82. The molecule has 26 heavy (non-hydrogen) atoms. The summed E-state index contributed by atoms with van der Waals surface area (Å²) in [6.45, 7) is 0. The molecule has 128 valence electrons. The first-order valence-electron chi connectivity index (χ1n) is 8.30. The summed E-state index contributed by atoms with van der Waals surface area (Å²) in [5.41, 5.74) is 11.1. The van der Waals surface area contributed by atoms with E-state index in [1.54, 1.807) is 7.11 Å². The standard InChI is InChI=1S/C22H18N2O2/c1-25-19-12-13-21-20(14-19)24-22(26-21)17-8-4-15(5-9-17)2-3-16-6-10-18(23)11-7-16/h2-14H,23H2,1H3/b3-2+. The third kappa shape index (κ3) is 3.30.